The Morgan fingerprint density at radius 2 is 2.06 bits per heavy atom. The van der Waals surface area contributed by atoms with Crippen LogP contribution in [0.25, 0.3) is 10.9 Å². The van der Waals surface area contributed by atoms with Gasteiger partial charge in [-0.05, 0) is 28.9 Å². The van der Waals surface area contributed by atoms with Gasteiger partial charge in [0, 0.05) is 15.6 Å². The average molecular weight is 282 g/mol. The van der Waals surface area contributed by atoms with Crippen molar-refractivity contribution in [1.82, 2.24) is 4.98 Å². The maximum atomic E-state index is 11.5. The Hall–Kier alpha value is -1.62. The number of aromatic amines is 1. The zero-order chi connectivity index (χ0) is 11.9. The molecule has 1 heterocycles. The number of para-hydroxylation sites is 1. The maximum absolute atomic E-state index is 11.5. The molecule has 0 atom stereocenters. The Bertz CT molecular complexity index is 601. The van der Waals surface area contributed by atoms with Gasteiger partial charge >= 0.3 is 5.97 Å². The van der Waals surface area contributed by atoms with Crippen LogP contribution in [0.15, 0.2) is 22.7 Å². The third-order valence-corrected chi connectivity index (χ3v) is 3.05. The number of nitrogens with one attached hydrogen (secondary N) is 1. The number of carbonyl (C=O) groups is 2. The Morgan fingerprint density at radius 1 is 1.38 bits per heavy atom. The summed E-state index contributed by atoms with van der Waals surface area (Å²) in [5.74, 6) is -2.33. The van der Waals surface area contributed by atoms with Gasteiger partial charge in [0.05, 0.1) is 11.1 Å². The van der Waals surface area contributed by atoms with Gasteiger partial charge < -0.3 is 10.1 Å². The molecule has 16 heavy (non-hydrogen) atoms. The number of aliphatic carboxylic acids is 1. The average Bonchev–Trinajstić information content (AvgIpc) is 2.55. The molecule has 0 amide bonds. The van der Waals surface area contributed by atoms with Crippen LogP contribution in [0.2, 0.25) is 0 Å². The molecule has 2 N–H and O–H groups in total. The predicted molar refractivity (Wildman–Crippen MR) is 62.7 cm³/mol. The van der Waals surface area contributed by atoms with Crippen molar-refractivity contribution in [3.8, 4) is 0 Å². The summed E-state index contributed by atoms with van der Waals surface area (Å²) >= 11 is 3.34. The van der Waals surface area contributed by atoms with Gasteiger partial charge in [-0.25, -0.2) is 4.79 Å². The molecule has 4 nitrogen and oxygen atoms in total. The van der Waals surface area contributed by atoms with Crippen LogP contribution in [0.5, 0.6) is 0 Å². The van der Waals surface area contributed by atoms with E-state index >= 15 is 0 Å². The smallest absolute Gasteiger partial charge is 0.377 e. The molecule has 0 spiro atoms. The standard InChI is InChI=1S/C11H8BrNO3/c1-5-8(10(14)11(15)16)6-3-2-4-7(12)9(6)13-5/h2-4,13H,1H3,(H,15,16). The molecule has 0 aliphatic heterocycles. The zero-order valence-electron chi connectivity index (χ0n) is 8.37. The SMILES string of the molecule is Cc1[nH]c2c(Br)cccc2c1C(=O)C(=O)O. The molecule has 0 bridgehead atoms. The number of aryl methyl sites for hydroxylation is 1. The lowest BCUT2D eigenvalue weighted by Crippen LogP contribution is -2.13. The van der Waals surface area contributed by atoms with Crippen molar-refractivity contribution in [2.24, 2.45) is 0 Å². The molecule has 0 aliphatic carbocycles. The van der Waals surface area contributed by atoms with Crippen molar-refractivity contribution in [3.63, 3.8) is 0 Å². The number of rotatable bonds is 2. The van der Waals surface area contributed by atoms with Crippen molar-refractivity contribution in [2.45, 2.75) is 6.92 Å². The minimum Gasteiger partial charge on any atom is -0.475 e. The number of benzene rings is 1. The van der Waals surface area contributed by atoms with Crippen molar-refractivity contribution in [3.05, 3.63) is 33.9 Å². The molecule has 82 valence electrons. The number of carbonyl (C=O) groups excluding carboxylic acids is 1. The van der Waals surface area contributed by atoms with E-state index in [0.29, 0.717) is 11.1 Å². The minimum atomic E-state index is -1.44. The zero-order valence-corrected chi connectivity index (χ0v) is 9.96. The van der Waals surface area contributed by atoms with Crippen LogP contribution in [-0.4, -0.2) is 21.8 Å². The van der Waals surface area contributed by atoms with E-state index in [-0.39, 0.29) is 5.56 Å². The van der Waals surface area contributed by atoms with Crippen LogP contribution in [0.1, 0.15) is 16.1 Å². The van der Waals surface area contributed by atoms with E-state index in [2.05, 4.69) is 20.9 Å². The highest BCUT2D eigenvalue weighted by Gasteiger charge is 2.22. The first-order valence-corrected chi connectivity index (χ1v) is 5.36. The fourth-order valence-corrected chi connectivity index (χ4v) is 2.18. The summed E-state index contributed by atoms with van der Waals surface area (Å²) in [6.07, 6.45) is 0. The van der Waals surface area contributed by atoms with E-state index in [4.69, 9.17) is 5.11 Å². The van der Waals surface area contributed by atoms with Crippen molar-refractivity contribution in [1.29, 1.82) is 0 Å². The van der Waals surface area contributed by atoms with Crippen LogP contribution < -0.4 is 0 Å². The van der Waals surface area contributed by atoms with E-state index < -0.39 is 11.8 Å². The summed E-state index contributed by atoms with van der Waals surface area (Å²) in [7, 11) is 0. The van der Waals surface area contributed by atoms with Gasteiger partial charge in [0.1, 0.15) is 0 Å². The number of carboxylic acid groups (broad SMARTS) is 1. The molecule has 5 heteroatoms. The normalized spacial score (nSPS) is 10.6. The summed E-state index contributed by atoms with van der Waals surface area (Å²) < 4.78 is 0.803. The number of fused-ring (bicyclic) bond motifs is 1. The lowest BCUT2D eigenvalue weighted by atomic mass is 10.1. The molecule has 1 aromatic carbocycles. The predicted octanol–water partition coefficient (Wildman–Crippen LogP) is 2.51. The van der Waals surface area contributed by atoms with Gasteiger partial charge in [-0.15, -0.1) is 0 Å². The first-order valence-electron chi connectivity index (χ1n) is 4.56. The molecule has 0 saturated carbocycles. The van der Waals surface area contributed by atoms with Crippen LogP contribution in [-0.2, 0) is 4.79 Å². The first kappa shape index (κ1) is 10.9. The van der Waals surface area contributed by atoms with Crippen LogP contribution in [0, 0.1) is 6.92 Å². The molecule has 0 unspecified atom stereocenters. The quantitative estimate of drug-likeness (QED) is 0.656. The molecule has 0 radical (unpaired) electrons. The summed E-state index contributed by atoms with van der Waals surface area (Å²) in [4.78, 5) is 25.2. The number of Topliss-reactive ketones (excluding diaryl/α,β-unsaturated/α-hetero) is 1. The summed E-state index contributed by atoms with van der Waals surface area (Å²) in [6, 6.07) is 5.31. The topological polar surface area (TPSA) is 70.2 Å². The summed E-state index contributed by atoms with van der Waals surface area (Å²) in [5.41, 5.74) is 1.53. The second-order valence-electron chi connectivity index (χ2n) is 3.42. The van der Waals surface area contributed by atoms with Gasteiger partial charge in [-0.1, -0.05) is 12.1 Å². The molecule has 2 rings (SSSR count). The fraction of sp³-hybridized carbons (Fsp3) is 0.0909. The third-order valence-electron chi connectivity index (χ3n) is 2.39. The van der Waals surface area contributed by atoms with E-state index in [1.54, 1.807) is 19.1 Å². The van der Waals surface area contributed by atoms with Crippen molar-refractivity contribution < 1.29 is 14.7 Å². The molecule has 0 fully saturated rings. The minimum absolute atomic E-state index is 0.226. The number of ketones is 1. The Kier molecular flexibility index (Phi) is 2.55. The lowest BCUT2D eigenvalue weighted by molar-refractivity contribution is -0.131. The fourth-order valence-electron chi connectivity index (χ4n) is 1.71. The molecule has 0 aliphatic rings. The Morgan fingerprint density at radius 3 is 2.69 bits per heavy atom. The van der Waals surface area contributed by atoms with E-state index in [0.717, 1.165) is 9.99 Å². The number of carboxylic acids is 1. The molecular formula is C11H8BrNO3. The van der Waals surface area contributed by atoms with Gasteiger partial charge in [0.15, 0.2) is 0 Å². The van der Waals surface area contributed by atoms with Gasteiger partial charge in [-0.3, -0.25) is 4.79 Å². The van der Waals surface area contributed by atoms with Gasteiger partial charge in [-0.2, -0.15) is 0 Å². The van der Waals surface area contributed by atoms with Gasteiger partial charge in [0.25, 0.3) is 5.78 Å². The van der Waals surface area contributed by atoms with Crippen LogP contribution >= 0.6 is 15.9 Å². The number of hydrogen-bond acceptors (Lipinski definition) is 2. The third kappa shape index (κ3) is 1.53. The maximum Gasteiger partial charge on any atom is 0.377 e. The Balaban J connectivity index is 2.80. The second-order valence-corrected chi connectivity index (χ2v) is 4.28. The van der Waals surface area contributed by atoms with Crippen molar-refractivity contribution >= 4 is 38.6 Å². The number of hydrogen-bond donors (Lipinski definition) is 2. The van der Waals surface area contributed by atoms with Crippen molar-refractivity contribution in [2.75, 3.05) is 0 Å². The highest BCUT2D eigenvalue weighted by molar-refractivity contribution is 9.10. The largest absolute Gasteiger partial charge is 0.475 e. The Labute approximate surface area is 99.4 Å². The lowest BCUT2D eigenvalue weighted by Gasteiger charge is -1.96. The highest BCUT2D eigenvalue weighted by atomic mass is 79.9. The summed E-state index contributed by atoms with van der Waals surface area (Å²) in [5, 5.41) is 9.36. The first-order chi connectivity index (χ1) is 7.52. The molecule has 0 saturated heterocycles. The van der Waals surface area contributed by atoms with Gasteiger partial charge in [0.2, 0.25) is 0 Å². The number of aromatic nitrogens is 1. The number of H-pyrrole nitrogens is 1. The van der Waals surface area contributed by atoms with Crippen LogP contribution in [0.4, 0.5) is 0 Å². The van der Waals surface area contributed by atoms with E-state index in [1.165, 1.54) is 0 Å². The molecular weight excluding hydrogens is 274 g/mol. The van der Waals surface area contributed by atoms with E-state index in [9.17, 15) is 9.59 Å². The molecule has 2 aromatic rings. The summed E-state index contributed by atoms with van der Waals surface area (Å²) in [6.45, 7) is 1.68. The number of halogens is 1. The molecule has 1 aromatic heterocycles. The van der Waals surface area contributed by atoms with E-state index in [1.807, 2.05) is 6.07 Å². The van der Waals surface area contributed by atoms with Crippen LogP contribution in [0.3, 0.4) is 0 Å². The monoisotopic (exact) mass is 281 g/mol. The second kappa shape index (κ2) is 3.75. The highest BCUT2D eigenvalue weighted by Crippen LogP contribution is 2.28.